The number of hydrogen-bond acceptors (Lipinski definition) is 4. The van der Waals surface area contributed by atoms with Gasteiger partial charge in [-0.05, 0) is 39.8 Å². The topological polar surface area (TPSA) is 74.1 Å². The number of nitriles is 1. The Hall–Kier alpha value is -1.93. The molecule has 114 valence electrons. The molecule has 1 aromatic rings. The highest BCUT2D eigenvalue weighted by Crippen LogP contribution is 2.21. The lowest BCUT2D eigenvalue weighted by Gasteiger charge is -2.25. The minimum absolute atomic E-state index is 0.443. The van der Waals surface area contributed by atoms with Gasteiger partial charge in [0.15, 0.2) is 0 Å². The van der Waals surface area contributed by atoms with Crippen molar-refractivity contribution in [2.24, 2.45) is 0 Å². The SMILES string of the molecule is CC(NC(=O)OC(C)(C)C)C(C#N)Nc1ccccc1Cl. The Morgan fingerprint density at radius 1 is 1.38 bits per heavy atom. The normalized spacial score (nSPS) is 13.7. The van der Waals surface area contributed by atoms with Gasteiger partial charge in [-0.1, -0.05) is 23.7 Å². The second kappa shape index (κ2) is 7.19. The molecule has 5 nitrogen and oxygen atoms in total. The summed E-state index contributed by atoms with van der Waals surface area (Å²) in [6.07, 6.45) is -0.559. The number of benzene rings is 1. The molecule has 1 aromatic carbocycles. The number of rotatable bonds is 4. The van der Waals surface area contributed by atoms with E-state index < -0.39 is 23.8 Å². The van der Waals surface area contributed by atoms with Gasteiger partial charge in [-0.15, -0.1) is 0 Å². The van der Waals surface area contributed by atoms with Gasteiger partial charge in [0.1, 0.15) is 11.6 Å². The highest BCUT2D eigenvalue weighted by atomic mass is 35.5. The fraction of sp³-hybridized carbons (Fsp3) is 0.467. The van der Waals surface area contributed by atoms with E-state index in [1.54, 1.807) is 45.9 Å². The van der Waals surface area contributed by atoms with Crippen LogP contribution in [-0.4, -0.2) is 23.8 Å². The zero-order chi connectivity index (χ0) is 16.0. The number of ether oxygens (including phenoxy) is 1. The Bertz CT molecular complexity index is 534. The van der Waals surface area contributed by atoms with Crippen LogP contribution in [0.5, 0.6) is 0 Å². The molecular formula is C15H20ClN3O2. The van der Waals surface area contributed by atoms with E-state index in [0.29, 0.717) is 10.7 Å². The van der Waals surface area contributed by atoms with E-state index in [0.717, 1.165) is 0 Å². The van der Waals surface area contributed by atoms with Gasteiger partial charge in [-0.3, -0.25) is 0 Å². The van der Waals surface area contributed by atoms with E-state index in [-0.39, 0.29) is 0 Å². The maximum atomic E-state index is 11.7. The third-order valence-corrected chi connectivity index (χ3v) is 2.90. The number of para-hydroxylation sites is 1. The molecule has 1 rings (SSSR count). The highest BCUT2D eigenvalue weighted by molar-refractivity contribution is 6.33. The molecule has 2 atom stereocenters. The van der Waals surface area contributed by atoms with Crippen molar-refractivity contribution in [2.75, 3.05) is 5.32 Å². The summed E-state index contributed by atoms with van der Waals surface area (Å²) in [6, 6.07) is 8.15. The standard InChI is InChI=1S/C15H20ClN3O2/c1-10(18-14(20)21-15(2,3)4)13(9-17)19-12-8-6-5-7-11(12)16/h5-8,10,13,19H,1-4H3,(H,18,20). The zero-order valence-electron chi connectivity index (χ0n) is 12.6. The van der Waals surface area contributed by atoms with E-state index >= 15 is 0 Å². The monoisotopic (exact) mass is 309 g/mol. The Morgan fingerprint density at radius 3 is 2.52 bits per heavy atom. The van der Waals surface area contributed by atoms with Gasteiger partial charge < -0.3 is 15.4 Å². The summed E-state index contributed by atoms with van der Waals surface area (Å²) in [5.74, 6) is 0. The van der Waals surface area contributed by atoms with E-state index in [1.165, 1.54) is 0 Å². The number of nitrogens with one attached hydrogen (secondary N) is 2. The molecule has 0 fully saturated rings. The van der Waals surface area contributed by atoms with Crippen LogP contribution in [0.4, 0.5) is 10.5 Å². The largest absolute Gasteiger partial charge is 0.444 e. The van der Waals surface area contributed by atoms with E-state index in [2.05, 4.69) is 16.7 Å². The Kier molecular flexibility index (Phi) is 5.86. The zero-order valence-corrected chi connectivity index (χ0v) is 13.4. The van der Waals surface area contributed by atoms with Crippen LogP contribution in [0, 0.1) is 11.3 Å². The summed E-state index contributed by atoms with van der Waals surface area (Å²) in [5.41, 5.74) is 0.0609. The quantitative estimate of drug-likeness (QED) is 0.892. The second-order valence-electron chi connectivity index (χ2n) is 5.67. The molecule has 0 aliphatic carbocycles. The summed E-state index contributed by atoms with van der Waals surface area (Å²) in [5, 5.41) is 15.4. The summed E-state index contributed by atoms with van der Waals surface area (Å²) < 4.78 is 5.16. The smallest absolute Gasteiger partial charge is 0.407 e. The number of anilines is 1. The number of carbonyl (C=O) groups is 1. The molecule has 0 saturated carbocycles. The van der Waals surface area contributed by atoms with Gasteiger partial charge in [0.2, 0.25) is 0 Å². The van der Waals surface area contributed by atoms with Crippen LogP contribution in [-0.2, 0) is 4.74 Å². The number of alkyl carbamates (subject to hydrolysis) is 1. The molecule has 0 aliphatic rings. The molecule has 0 aliphatic heterocycles. The summed E-state index contributed by atoms with van der Waals surface area (Å²) in [7, 11) is 0. The molecule has 21 heavy (non-hydrogen) atoms. The van der Waals surface area contributed by atoms with Crippen molar-refractivity contribution in [1.82, 2.24) is 5.32 Å². The maximum Gasteiger partial charge on any atom is 0.407 e. The van der Waals surface area contributed by atoms with Gasteiger partial charge >= 0.3 is 6.09 Å². The molecule has 2 N–H and O–H groups in total. The van der Waals surface area contributed by atoms with Crippen molar-refractivity contribution >= 4 is 23.4 Å². The van der Waals surface area contributed by atoms with Crippen LogP contribution in [0.25, 0.3) is 0 Å². The van der Waals surface area contributed by atoms with Crippen LogP contribution >= 0.6 is 11.6 Å². The van der Waals surface area contributed by atoms with Crippen molar-refractivity contribution in [2.45, 2.75) is 45.4 Å². The first-order valence-electron chi connectivity index (χ1n) is 6.63. The van der Waals surface area contributed by atoms with Crippen molar-refractivity contribution in [3.05, 3.63) is 29.3 Å². The summed E-state index contributed by atoms with van der Waals surface area (Å²) in [4.78, 5) is 11.7. The van der Waals surface area contributed by atoms with Gasteiger partial charge in [0.05, 0.1) is 22.8 Å². The lowest BCUT2D eigenvalue weighted by molar-refractivity contribution is 0.0507. The predicted octanol–water partition coefficient (Wildman–Crippen LogP) is 3.56. The van der Waals surface area contributed by atoms with E-state index in [9.17, 15) is 10.1 Å². The van der Waals surface area contributed by atoms with Crippen molar-refractivity contribution in [3.63, 3.8) is 0 Å². The molecule has 0 saturated heterocycles. The molecule has 2 unspecified atom stereocenters. The first-order chi connectivity index (χ1) is 9.73. The molecule has 6 heteroatoms. The fourth-order valence-corrected chi connectivity index (χ4v) is 1.78. The lowest BCUT2D eigenvalue weighted by atomic mass is 10.1. The van der Waals surface area contributed by atoms with Crippen molar-refractivity contribution in [3.8, 4) is 6.07 Å². The van der Waals surface area contributed by atoms with Crippen LogP contribution in [0.3, 0.4) is 0 Å². The third kappa shape index (κ3) is 5.92. The number of amides is 1. The Morgan fingerprint density at radius 2 is 2.00 bits per heavy atom. The minimum atomic E-state index is -0.627. The average molecular weight is 310 g/mol. The molecule has 0 aromatic heterocycles. The third-order valence-electron chi connectivity index (χ3n) is 2.57. The molecule has 0 bridgehead atoms. The molecular weight excluding hydrogens is 290 g/mol. The first kappa shape index (κ1) is 17.1. The fourth-order valence-electron chi connectivity index (χ4n) is 1.59. The van der Waals surface area contributed by atoms with Gasteiger partial charge in [-0.2, -0.15) is 5.26 Å². The average Bonchev–Trinajstić information content (AvgIpc) is 2.35. The number of nitrogens with zero attached hydrogens (tertiary/aromatic N) is 1. The highest BCUT2D eigenvalue weighted by Gasteiger charge is 2.23. The number of halogens is 1. The Balaban J connectivity index is 2.66. The van der Waals surface area contributed by atoms with Crippen LogP contribution in [0.1, 0.15) is 27.7 Å². The van der Waals surface area contributed by atoms with Gasteiger partial charge in [0, 0.05) is 0 Å². The number of hydrogen-bond donors (Lipinski definition) is 2. The first-order valence-corrected chi connectivity index (χ1v) is 7.01. The molecule has 0 spiro atoms. The van der Waals surface area contributed by atoms with Gasteiger partial charge in [-0.25, -0.2) is 4.79 Å². The summed E-state index contributed by atoms with van der Waals surface area (Å²) in [6.45, 7) is 7.06. The van der Waals surface area contributed by atoms with Gasteiger partial charge in [0.25, 0.3) is 0 Å². The molecule has 0 radical (unpaired) electrons. The summed E-state index contributed by atoms with van der Waals surface area (Å²) >= 11 is 6.04. The van der Waals surface area contributed by atoms with Crippen LogP contribution in [0.15, 0.2) is 24.3 Å². The predicted molar refractivity (Wildman–Crippen MR) is 83.3 cm³/mol. The number of carbonyl (C=O) groups excluding carboxylic acids is 1. The second-order valence-corrected chi connectivity index (χ2v) is 6.07. The van der Waals surface area contributed by atoms with E-state index in [1.807, 2.05) is 6.07 Å². The molecule has 1 amide bonds. The van der Waals surface area contributed by atoms with Crippen LogP contribution < -0.4 is 10.6 Å². The van der Waals surface area contributed by atoms with Crippen LogP contribution in [0.2, 0.25) is 5.02 Å². The van der Waals surface area contributed by atoms with Crippen molar-refractivity contribution in [1.29, 1.82) is 5.26 Å². The van der Waals surface area contributed by atoms with Crippen molar-refractivity contribution < 1.29 is 9.53 Å². The maximum absolute atomic E-state index is 11.7. The van der Waals surface area contributed by atoms with E-state index in [4.69, 9.17) is 16.3 Å². The Labute approximate surface area is 130 Å². The molecule has 0 heterocycles. The lowest BCUT2D eigenvalue weighted by Crippen LogP contribution is -2.46. The minimum Gasteiger partial charge on any atom is -0.444 e.